The smallest absolute Gasteiger partial charge is 0.323 e. The quantitative estimate of drug-likeness (QED) is 0.906. The number of carbonyl (C=O) groups is 1. The van der Waals surface area contributed by atoms with Gasteiger partial charge in [0.2, 0.25) is 0 Å². The van der Waals surface area contributed by atoms with Crippen molar-refractivity contribution in [1.29, 1.82) is 0 Å². The second-order valence-electron chi connectivity index (χ2n) is 4.66. The van der Waals surface area contributed by atoms with Gasteiger partial charge in [0, 0.05) is 11.0 Å². The van der Waals surface area contributed by atoms with Crippen molar-refractivity contribution in [2.75, 3.05) is 6.54 Å². The first kappa shape index (κ1) is 15.1. The first-order chi connectivity index (χ1) is 8.27. The Morgan fingerprint density at radius 2 is 2.06 bits per heavy atom. The number of hydrogen-bond acceptors (Lipinski definition) is 2. The molecule has 0 saturated carbocycles. The van der Waals surface area contributed by atoms with Crippen molar-refractivity contribution in [2.24, 2.45) is 0 Å². The third-order valence-electron chi connectivity index (χ3n) is 2.99. The molecule has 0 atom stereocenters. The summed E-state index contributed by atoms with van der Waals surface area (Å²) in [5.74, 6) is -1.22. The number of rotatable bonds is 5. The second-order valence-corrected chi connectivity index (χ2v) is 5.57. The maximum absolute atomic E-state index is 13.3. The van der Waals surface area contributed by atoms with E-state index in [4.69, 9.17) is 0 Å². The van der Waals surface area contributed by atoms with E-state index >= 15 is 0 Å². The van der Waals surface area contributed by atoms with Crippen molar-refractivity contribution in [3.8, 4) is 0 Å². The molecule has 100 valence electrons. The van der Waals surface area contributed by atoms with Gasteiger partial charge in [0.05, 0.1) is 0 Å². The Balaban J connectivity index is 2.96. The van der Waals surface area contributed by atoms with Gasteiger partial charge in [0.15, 0.2) is 0 Å². The highest BCUT2D eigenvalue weighted by atomic mass is 79.9. The molecule has 0 bridgehead atoms. The van der Waals surface area contributed by atoms with Gasteiger partial charge in [-0.1, -0.05) is 22.9 Å². The Kier molecular flexibility index (Phi) is 4.87. The van der Waals surface area contributed by atoms with Gasteiger partial charge in [-0.2, -0.15) is 0 Å². The molecule has 0 amide bonds. The molecule has 0 heterocycles. The van der Waals surface area contributed by atoms with Gasteiger partial charge in [-0.25, -0.2) is 4.39 Å². The minimum atomic E-state index is -0.979. The molecule has 18 heavy (non-hydrogen) atoms. The number of benzene rings is 1. The molecular formula is C13H17BrFNO2. The molecule has 0 spiro atoms. The van der Waals surface area contributed by atoms with Gasteiger partial charge in [-0.05, 0) is 44.2 Å². The molecule has 0 aliphatic rings. The summed E-state index contributed by atoms with van der Waals surface area (Å²) in [6, 6.07) is 4.59. The zero-order chi connectivity index (χ0) is 13.9. The molecule has 1 rings (SSSR count). The first-order valence-electron chi connectivity index (χ1n) is 5.70. The molecule has 1 N–H and O–H groups in total. The molecule has 0 radical (unpaired) electrons. The normalized spacial score (nSPS) is 11.9. The van der Waals surface area contributed by atoms with Gasteiger partial charge in [0.25, 0.3) is 0 Å². The van der Waals surface area contributed by atoms with Crippen molar-refractivity contribution in [3.05, 3.63) is 34.1 Å². The molecule has 0 fully saturated rings. The topological polar surface area (TPSA) is 40.5 Å². The van der Waals surface area contributed by atoms with Crippen LogP contribution in [0.1, 0.15) is 26.3 Å². The summed E-state index contributed by atoms with van der Waals surface area (Å²) in [5, 5.41) is 9.20. The van der Waals surface area contributed by atoms with Crippen LogP contribution < -0.4 is 0 Å². The molecule has 1 aromatic rings. The fourth-order valence-electron chi connectivity index (χ4n) is 1.76. The van der Waals surface area contributed by atoms with Crippen LogP contribution in [0, 0.1) is 5.82 Å². The fourth-order valence-corrected chi connectivity index (χ4v) is 2.28. The van der Waals surface area contributed by atoms with Gasteiger partial charge in [-0.15, -0.1) is 0 Å². The largest absolute Gasteiger partial charge is 0.480 e. The summed E-state index contributed by atoms with van der Waals surface area (Å²) in [4.78, 5) is 13.0. The van der Waals surface area contributed by atoms with Crippen molar-refractivity contribution < 1.29 is 14.3 Å². The minimum absolute atomic E-state index is 0.330. The molecule has 1 aromatic carbocycles. The predicted molar refractivity (Wildman–Crippen MR) is 71.9 cm³/mol. The Morgan fingerprint density at radius 1 is 1.44 bits per heavy atom. The van der Waals surface area contributed by atoms with Crippen molar-refractivity contribution in [3.63, 3.8) is 0 Å². The molecule has 0 saturated heterocycles. The van der Waals surface area contributed by atoms with Gasteiger partial charge >= 0.3 is 5.97 Å². The van der Waals surface area contributed by atoms with E-state index in [-0.39, 0.29) is 5.82 Å². The number of likely N-dealkylation sites (N-methyl/N-ethyl adjacent to an activating group) is 1. The van der Waals surface area contributed by atoms with E-state index in [1.165, 1.54) is 12.1 Å². The zero-order valence-corrected chi connectivity index (χ0v) is 12.3. The van der Waals surface area contributed by atoms with Crippen molar-refractivity contribution >= 4 is 21.9 Å². The SMILES string of the molecule is CCN(Cc1cc(F)cc(Br)c1)C(C)(C)C(=O)O. The highest BCUT2D eigenvalue weighted by molar-refractivity contribution is 9.10. The highest BCUT2D eigenvalue weighted by Gasteiger charge is 2.33. The van der Waals surface area contributed by atoms with E-state index in [1.54, 1.807) is 24.8 Å². The summed E-state index contributed by atoms with van der Waals surface area (Å²) in [6.45, 7) is 6.15. The van der Waals surface area contributed by atoms with Gasteiger partial charge in [-0.3, -0.25) is 9.69 Å². The minimum Gasteiger partial charge on any atom is -0.480 e. The van der Waals surface area contributed by atoms with E-state index < -0.39 is 11.5 Å². The number of nitrogens with zero attached hydrogens (tertiary/aromatic N) is 1. The van der Waals surface area contributed by atoms with Crippen LogP contribution in [0.2, 0.25) is 0 Å². The van der Waals surface area contributed by atoms with Crippen LogP contribution in [0.15, 0.2) is 22.7 Å². The van der Waals surface area contributed by atoms with Crippen LogP contribution in [0.25, 0.3) is 0 Å². The molecule has 3 nitrogen and oxygen atoms in total. The Morgan fingerprint density at radius 3 is 2.50 bits per heavy atom. The Bertz CT molecular complexity index is 428. The molecule has 0 aliphatic carbocycles. The van der Waals surface area contributed by atoms with Crippen LogP contribution in [0.5, 0.6) is 0 Å². The maximum Gasteiger partial charge on any atom is 0.323 e. The van der Waals surface area contributed by atoms with Crippen molar-refractivity contribution in [2.45, 2.75) is 32.9 Å². The number of hydrogen-bond donors (Lipinski definition) is 1. The number of aliphatic carboxylic acids is 1. The highest BCUT2D eigenvalue weighted by Crippen LogP contribution is 2.21. The van der Waals surface area contributed by atoms with E-state index in [0.29, 0.717) is 17.6 Å². The average Bonchev–Trinajstić information content (AvgIpc) is 2.24. The lowest BCUT2D eigenvalue weighted by molar-refractivity contribution is -0.149. The van der Waals surface area contributed by atoms with Crippen LogP contribution >= 0.6 is 15.9 Å². The van der Waals surface area contributed by atoms with Crippen LogP contribution in [-0.2, 0) is 11.3 Å². The maximum atomic E-state index is 13.3. The second kappa shape index (κ2) is 5.80. The van der Waals surface area contributed by atoms with E-state index in [0.717, 1.165) is 5.56 Å². The van der Waals surface area contributed by atoms with E-state index in [2.05, 4.69) is 15.9 Å². The van der Waals surface area contributed by atoms with Crippen LogP contribution in [-0.4, -0.2) is 28.1 Å². The van der Waals surface area contributed by atoms with Crippen LogP contribution in [0.4, 0.5) is 4.39 Å². The first-order valence-corrected chi connectivity index (χ1v) is 6.50. The van der Waals surface area contributed by atoms with E-state index in [1.807, 2.05) is 6.92 Å². The van der Waals surface area contributed by atoms with Crippen LogP contribution in [0.3, 0.4) is 0 Å². The lowest BCUT2D eigenvalue weighted by atomic mass is 10.0. The number of carboxylic acids is 1. The third-order valence-corrected chi connectivity index (χ3v) is 3.45. The Hall–Kier alpha value is -0.940. The standard InChI is InChI=1S/C13H17BrFNO2/c1-4-16(13(2,3)12(17)18)8-9-5-10(14)7-11(15)6-9/h5-7H,4,8H2,1-3H3,(H,17,18). The average molecular weight is 318 g/mol. The molecule has 0 aliphatic heterocycles. The summed E-state index contributed by atoms with van der Waals surface area (Å²) in [6.07, 6.45) is 0. The van der Waals surface area contributed by atoms with Gasteiger partial charge in [0.1, 0.15) is 11.4 Å². The summed E-state index contributed by atoms with van der Waals surface area (Å²) in [5.41, 5.74) is -0.230. The van der Waals surface area contributed by atoms with E-state index in [9.17, 15) is 14.3 Å². The Labute approximate surface area is 115 Å². The molecule has 0 aromatic heterocycles. The summed E-state index contributed by atoms with van der Waals surface area (Å²) >= 11 is 3.23. The lowest BCUT2D eigenvalue weighted by Crippen LogP contribution is -2.49. The predicted octanol–water partition coefficient (Wildman–Crippen LogP) is 3.27. The number of carboxylic acid groups (broad SMARTS) is 1. The summed E-state index contributed by atoms with van der Waals surface area (Å²) in [7, 11) is 0. The molecule has 5 heteroatoms. The number of halogens is 2. The summed E-state index contributed by atoms with van der Waals surface area (Å²) < 4.78 is 13.9. The molecular weight excluding hydrogens is 301 g/mol. The fraction of sp³-hybridized carbons (Fsp3) is 0.462. The van der Waals surface area contributed by atoms with Crippen molar-refractivity contribution in [1.82, 2.24) is 4.90 Å². The zero-order valence-electron chi connectivity index (χ0n) is 10.7. The molecule has 0 unspecified atom stereocenters. The monoisotopic (exact) mass is 317 g/mol. The van der Waals surface area contributed by atoms with Gasteiger partial charge < -0.3 is 5.11 Å². The third kappa shape index (κ3) is 3.53. The lowest BCUT2D eigenvalue weighted by Gasteiger charge is -2.34.